The minimum Gasteiger partial charge on any atom is -0.342 e. The third-order valence-corrected chi connectivity index (χ3v) is 3.67. The second-order valence-corrected chi connectivity index (χ2v) is 4.98. The van der Waals surface area contributed by atoms with Crippen LogP contribution in [-0.2, 0) is 4.79 Å². The third-order valence-electron chi connectivity index (χ3n) is 3.67. The fourth-order valence-electron chi connectivity index (χ4n) is 2.20. The van der Waals surface area contributed by atoms with Gasteiger partial charge in [-0.1, -0.05) is 13.8 Å². The summed E-state index contributed by atoms with van der Waals surface area (Å²) in [4.78, 5) is 13.9. The van der Waals surface area contributed by atoms with Crippen molar-refractivity contribution in [3.05, 3.63) is 0 Å². The van der Waals surface area contributed by atoms with Gasteiger partial charge < -0.3 is 10.2 Å². The zero-order valence-corrected chi connectivity index (χ0v) is 9.12. The molecule has 0 aromatic heterocycles. The third kappa shape index (κ3) is 1.92. The van der Waals surface area contributed by atoms with E-state index >= 15 is 0 Å². The molecule has 2 fully saturated rings. The van der Waals surface area contributed by atoms with Gasteiger partial charge in [-0.2, -0.15) is 0 Å². The van der Waals surface area contributed by atoms with Gasteiger partial charge in [0.1, 0.15) is 0 Å². The molecule has 0 bridgehead atoms. The van der Waals surface area contributed by atoms with Crippen molar-refractivity contribution < 1.29 is 4.79 Å². The van der Waals surface area contributed by atoms with Gasteiger partial charge >= 0.3 is 0 Å². The van der Waals surface area contributed by atoms with Gasteiger partial charge in [0.15, 0.2) is 0 Å². The SMILES string of the molecule is CC1CN(C(=O)CC2CNC2)CC1C. The van der Waals surface area contributed by atoms with Crippen molar-refractivity contribution >= 4 is 5.91 Å². The lowest BCUT2D eigenvalue weighted by atomic mass is 9.99. The van der Waals surface area contributed by atoms with Crippen LogP contribution >= 0.6 is 0 Å². The Labute approximate surface area is 85.8 Å². The van der Waals surface area contributed by atoms with Crippen LogP contribution in [0.15, 0.2) is 0 Å². The molecule has 0 aromatic carbocycles. The summed E-state index contributed by atoms with van der Waals surface area (Å²) >= 11 is 0. The molecule has 2 saturated heterocycles. The summed E-state index contributed by atoms with van der Waals surface area (Å²) in [5, 5.41) is 3.20. The molecule has 3 heteroatoms. The summed E-state index contributed by atoms with van der Waals surface area (Å²) in [6.07, 6.45) is 0.756. The molecule has 80 valence electrons. The van der Waals surface area contributed by atoms with Crippen molar-refractivity contribution in [1.29, 1.82) is 0 Å². The summed E-state index contributed by atoms with van der Waals surface area (Å²) in [5.74, 6) is 2.33. The van der Waals surface area contributed by atoms with Crippen LogP contribution in [0, 0.1) is 17.8 Å². The first-order chi connectivity index (χ1) is 6.66. The Balaban J connectivity index is 1.80. The van der Waals surface area contributed by atoms with Gasteiger partial charge in [-0.05, 0) is 30.8 Å². The fraction of sp³-hybridized carbons (Fsp3) is 0.909. The molecule has 1 N–H and O–H groups in total. The van der Waals surface area contributed by atoms with Crippen molar-refractivity contribution in [2.24, 2.45) is 17.8 Å². The maximum atomic E-state index is 11.8. The highest BCUT2D eigenvalue weighted by Gasteiger charge is 2.31. The van der Waals surface area contributed by atoms with Gasteiger partial charge in [0.25, 0.3) is 0 Å². The zero-order chi connectivity index (χ0) is 10.1. The minimum atomic E-state index is 0.368. The van der Waals surface area contributed by atoms with Crippen LogP contribution in [0.1, 0.15) is 20.3 Å². The van der Waals surface area contributed by atoms with Gasteiger partial charge in [0.05, 0.1) is 0 Å². The lowest BCUT2D eigenvalue weighted by molar-refractivity contribution is -0.131. The zero-order valence-electron chi connectivity index (χ0n) is 9.12. The normalized spacial score (nSPS) is 33.1. The molecular weight excluding hydrogens is 176 g/mol. The van der Waals surface area contributed by atoms with Crippen LogP contribution in [0.4, 0.5) is 0 Å². The lowest BCUT2D eigenvalue weighted by Crippen LogP contribution is -2.45. The van der Waals surface area contributed by atoms with Crippen LogP contribution in [-0.4, -0.2) is 37.0 Å². The predicted octanol–water partition coefficient (Wildman–Crippen LogP) is 0.710. The topological polar surface area (TPSA) is 32.3 Å². The molecule has 2 heterocycles. The van der Waals surface area contributed by atoms with E-state index in [2.05, 4.69) is 19.2 Å². The molecule has 2 rings (SSSR count). The first-order valence-corrected chi connectivity index (χ1v) is 5.65. The van der Waals surface area contributed by atoms with Crippen LogP contribution in [0.5, 0.6) is 0 Å². The average Bonchev–Trinajstić information content (AvgIpc) is 2.40. The Morgan fingerprint density at radius 3 is 2.29 bits per heavy atom. The van der Waals surface area contributed by atoms with Crippen molar-refractivity contribution in [2.45, 2.75) is 20.3 Å². The lowest BCUT2D eigenvalue weighted by Gasteiger charge is -2.28. The molecule has 0 saturated carbocycles. The highest BCUT2D eigenvalue weighted by molar-refractivity contribution is 5.77. The Morgan fingerprint density at radius 1 is 1.29 bits per heavy atom. The first-order valence-electron chi connectivity index (χ1n) is 5.65. The highest BCUT2D eigenvalue weighted by atomic mass is 16.2. The van der Waals surface area contributed by atoms with Gasteiger partial charge in [0, 0.05) is 19.5 Å². The summed E-state index contributed by atoms with van der Waals surface area (Å²) in [5.41, 5.74) is 0. The molecule has 2 unspecified atom stereocenters. The summed E-state index contributed by atoms with van der Waals surface area (Å²) in [7, 11) is 0. The molecule has 1 amide bonds. The van der Waals surface area contributed by atoms with Gasteiger partial charge in [-0.25, -0.2) is 0 Å². The summed E-state index contributed by atoms with van der Waals surface area (Å²) in [6, 6.07) is 0. The smallest absolute Gasteiger partial charge is 0.222 e. The number of carbonyl (C=O) groups is 1. The number of hydrogen-bond acceptors (Lipinski definition) is 2. The molecule has 0 radical (unpaired) electrons. The van der Waals surface area contributed by atoms with E-state index in [1.165, 1.54) is 0 Å². The van der Waals surface area contributed by atoms with Crippen molar-refractivity contribution in [3.8, 4) is 0 Å². The number of amides is 1. The molecule has 0 aromatic rings. The quantitative estimate of drug-likeness (QED) is 0.705. The number of nitrogens with one attached hydrogen (secondary N) is 1. The molecule has 2 aliphatic heterocycles. The Bertz CT molecular complexity index is 215. The van der Waals surface area contributed by atoms with Crippen LogP contribution in [0.2, 0.25) is 0 Å². The molecule has 0 aliphatic carbocycles. The fourth-order valence-corrected chi connectivity index (χ4v) is 2.20. The van der Waals surface area contributed by atoms with E-state index in [1.807, 2.05) is 4.90 Å². The highest BCUT2D eigenvalue weighted by Crippen LogP contribution is 2.23. The summed E-state index contributed by atoms with van der Waals surface area (Å²) < 4.78 is 0. The predicted molar refractivity (Wildman–Crippen MR) is 55.9 cm³/mol. The molecule has 2 atom stereocenters. The standard InChI is InChI=1S/C11H20N2O/c1-8-6-13(7-9(8)2)11(14)3-10-4-12-5-10/h8-10,12H,3-7H2,1-2H3. The number of rotatable bonds is 2. The molecule has 2 aliphatic rings. The van der Waals surface area contributed by atoms with Crippen LogP contribution in [0.25, 0.3) is 0 Å². The number of carbonyl (C=O) groups excluding carboxylic acids is 1. The Morgan fingerprint density at radius 2 is 1.86 bits per heavy atom. The molecular formula is C11H20N2O. The van der Waals surface area contributed by atoms with E-state index in [0.717, 1.165) is 32.6 Å². The molecule has 14 heavy (non-hydrogen) atoms. The number of likely N-dealkylation sites (tertiary alicyclic amines) is 1. The van der Waals surface area contributed by atoms with E-state index in [9.17, 15) is 4.79 Å². The van der Waals surface area contributed by atoms with Crippen LogP contribution in [0.3, 0.4) is 0 Å². The van der Waals surface area contributed by atoms with Crippen molar-refractivity contribution in [3.63, 3.8) is 0 Å². The Kier molecular flexibility index (Phi) is 2.77. The van der Waals surface area contributed by atoms with Gasteiger partial charge in [0.2, 0.25) is 5.91 Å². The van der Waals surface area contributed by atoms with Gasteiger partial charge in [-0.15, -0.1) is 0 Å². The van der Waals surface area contributed by atoms with E-state index in [-0.39, 0.29) is 0 Å². The monoisotopic (exact) mass is 196 g/mol. The van der Waals surface area contributed by atoms with Crippen LogP contribution < -0.4 is 5.32 Å². The van der Waals surface area contributed by atoms with E-state index < -0.39 is 0 Å². The number of hydrogen-bond donors (Lipinski definition) is 1. The molecule has 0 spiro atoms. The second kappa shape index (κ2) is 3.89. The van der Waals surface area contributed by atoms with E-state index in [1.54, 1.807) is 0 Å². The second-order valence-electron chi connectivity index (χ2n) is 4.98. The number of nitrogens with zero attached hydrogens (tertiary/aromatic N) is 1. The summed E-state index contributed by atoms with van der Waals surface area (Å²) in [6.45, 7) is 8.49. The van der Waals surface area contributed by atoms with Gasteiger partial charge in [-0.3, -0.25) is 4.79 Å². The first kappa shape index (κ1) is 9.97. The average molecular weight is 196 g/mol. The van der Waals surface area contributed by atoms with Crippen molar-refractivity contribution in [1.82, 2.24) is 10.2 Å². The molecule has 3 nitrogen and oxygen atoms in total. The largest absolute Gasteiger partial charge is 0.342 e. The van der Waals surface area contributed by atoms with E-state index in [4.69, 9.17) is 0 Å². The minimum absolute atomic E-state index is 0.368. The van der Waals surface area contributed by atoms with Crippen molar-refractivity contribution in [2.75, 3.05) is 26.2 Å². The maximum absolute atomic E-state index is 11.8. The maximum Gasteiger partial charge on any atom is 0.222 e. The van der Waals surface area contributed by atoms with E-state index in [0.29, 0.717) is 23.7 Å². The Hall–Kier alpha value is -0.570.